The van der Waals surface area contributed by atoms with Crippen LogP contribution in [0.15, 0.2) is 12.2 Å². The lowest BCUT2D eigenvalue weighted by Gasteiger charge is -2.28. The Hall–Kier alpha value is -1.12. The highest BCUT2D eigenvalue weighted by Gasteiger charge is 2.51. The highest BCUT2D eigenvalue weighted by molar-refractivity contribution is 6.06. The van der Waals surface area contributed by atoms with Gasteiger partial charge in [0.25, 0.3) is 0 Å². The SMILES string of the molecule is C=C1CCC[C@@]2(C(=O)OC)CCCC[C@@H]1C2=O. The van der Waals surface area contributed by atoms with Crippen LogP contribution < -0.4 is 0 Å². The number of ketones is 1. The molecule has 3 nitrogen and oxygen atoms in total. The van der Waals surface area contributed by atoms with E-state index in [9.17, 15) is 9.59 Å². The van der Waals surface area contributed by atoms with E-state index in [2.05, 4.69) is 6.58 Å². The van der Waals surface area contributed by atoms with Gasteiger partial charge in [0.2, 0.25) is 0 Å². The number of hydrogen-bond acceptors (Lipinski definition) is 3. The van der Waals surface area contributed by atoms with Gasteiger partial charge in [-0.2, -0.15) is 0 Å². The maximum atomic E-state index is 12.6. The van der Waals surface area contributed by atoms with Gasteiger partial charge in [-0.25, -0.2) is 0 Å². The molecule has 0 amide bonds. The first kappa shape index (κ1) is 12.3. The summed E-state index contributed by atoms with van der Waals surface area (Å²) in [5.41, 5.74) is 0.151. The Balaban J connectivity index is 2.42. The van der Waals surface area contributed by atoms with Gasteiger partial charge in [0.1, 0.15) is 5.41 Å². The van der Waals surface area contributed by atoms with Crippen LogP contribution in [-0.4, -0.2) is 18.9 Å². The van der Waals surface area contributed by atoms with Crippen LogP contribution in [0.2, 0.25) is 0 Å². The van der Waals surface area contributed by atoms with E-state index in [0.717, 1.165) is 37.7 Å². The number of rotatable bonds is 1. The van der Waals surface area contributed by atoms with Crippen molar-refractivity contribution in [3.63, 3.8) is 0 Å². The van der Waals surface area contributed by atoms with Crippen molar-refractivity contribution < 1.29 is 14.3 Å². The van der Waals surface area contributed by atoms with Gasteiger partial charge in [0.15, 0.2) is 5.78 Å². The minimum Gasteiger partial charge on any atom is -0.468 e. The summed E-state index contributed by atoms with van der Waals surface area (Å²) in [5, 5.41) is 0. The maximum absolute atomic E-state index is 12.6. The highest BCUT2D eigenvalue weighted by Crippen LogP contribution is 2.45. The van der Waals surface area contributed by atoms with Gasteiger partial charge in [-0.05, 0) is 32.1 Å². The van der Waals surface area contributed by atoms with Crippen molar-refractivity contribution in [3.05, 3.63) is 12.2 Å². The van der Waals surface area contributed by atoms with Crippen LogP contribution in [-0.2, 0) is 14.3 Å². The van der Waals surface area contributed by atoms with Crippen molar-refractivity contribution in [3.8, 4) is 0 Å². The van der Waals surface area contributed by atoms with Crippen molar-refractivity contribution in [2.75, 3.05) is 7.11 Å². The summed E-state index contributed by atoms with van der Waals surface area (Å²) in [4.78, 5) is 24.7. The maximum Gasteiger partial charge on any atom is 0.319 e. The molecule has 2 fully saturated rings. The van der Waals surface area contributed by atoms with Crippen molar-refractivity contribution >= 4 is 11.8 Å². The van der Waals surface area contributed by atoms with E-state index < -0.39 is 5.41 Å². The molecule has 0 radical (unpaired) electrons. The molecule has 2 aliphatic rings. The van der Waals surface area contributed by atoms with Crippen molar-refractivity contribution in [2.24, 2.45) is 11.3 Å². The fourth-order valence-electron chi connectivity index (χ4n) is 3.29. The molecule has 2 bridgehead atoms. The number of methoxy groups -OCH3 is 1. The molecule has 0 aromatic heterocycles. The second kappa shape index (κ2) is 4.63. The number of hydrogen-bond donors (Lipinski definition) is 0. The van der Waals surface area contributed by atoms with Crippen LogP contribution in [0.1, 0.15) is 44.9 Å². The number of allylic oxidation sites excluding steroid dienone is 1. The smallest absolute Gasteiger partial charge is 0.319 e. The van der Waals surface area contributed by atoms with Gasteiger partial charge < -0.3 is 4.74 Å². The Morgan fingerprint density at radius 2 is 2.06 bits per heavy atom. The number of ether oxygens (including phenoxy) is 1. The normalized spacial score (nSPS) is 33.8. The molecule has 94 valence electrons. The van der Waals surface area contributed by atoms with Crippen molar-refractivity contribution in [1.82, 2.24) is 0 Å². The van der Waals surface area contributed by atoms with E-state index in [1.54, 1.807) is 0 Å². The predicted octanol–water partition coefficient (Wildman–Crippen LogP) is 2.65. The third kappa shape index (κ3) is 1.92. The Morgan fingerprint density at radius 3 is 2.76 bits per heavy atom. The average Bonchev–Trinajstić information content (AvgIpc) is 2.56. The van der Waals surface area contributed by atoms with Gasteiger partial charge >= 0.3 is 5.97 Å². The predicted molar refractivity (Wildman–Crippen MR) is 64.4 cm³/mol. The van der Waals surface area contributed by atoms with Crippen LogP contribution in [0, 0.1) is 11.3 Å². The minimum absolute atomic E-state index is 0.0735. The van der Waals surface area contributed by atoms with E-state index in [4.69, 9.17) is 4.74 Å². The van der Waals surface area contributed by atoms with Crippen LogP contribution in [0.3, 0.4) is 0 Å². The summed E-state index contributed by atoms with van der Waals surface area (Å²) in [6, 6.07) is 0. The second-order valence-corrected chi connectivity index (χ2v) is 5.25. The first-order valence-electron chi connectivity index (χ1n) is 6.42. The molecule has 0 aliphatic heterocycles. The third-order valence-corrected chi connectivity index (χ3v) is 4.30. The molecule has 2 atom stereocenters. The second-order valence-electron chi connectivity index (χ2n) is 5.25. The summed E-state index contributed by atoms with van der Waals surface area (Å²) >= 11 is 0. The number of fused-ring (bicyclic) bond motifs is 2. The van der Waals surface area contributed by atoms with Crippen LogP contribution in [0.5, 0.6) is 0 Å². The largest absolute Gasteiger partial charge is 0.468 e. The van der Waals surface area contributed by atoms with Gasteiger partial charge in [0.05, 0.1) is 7.11 Å². The summed E-state index contributed by atoms with van der Waals surface area (Å²) in [6.45, 7) is 4.03. The lowest BCUT2D eigenvalue weighted by Crippen LogP contribution is -2.41. The quantitative estimate of drug-likeness (QED) is 0.399. The first-order valence-corrected chi connectivity index (χ1v) is 6.42. The number of esters is 1. The fraction of sp³-hybridized carbons (Fsp3) is 0.714. The van der Waals surface area contributed by atoms with Gasteiger partial charge in [-0.3, -0.25) is 9.59 Å². The fourth-order valence-corrected chi connectivity index (χ4v) is 3.29. The molecule has 0 aromatic carbocycles. The van der Waals surface area contributed by atoms with Gasteiger partial charge in [-0.1, -0.05) is 25.0 Å². The van der Waals surface area contributed by atoms with Crippen LogP contribution in [0.25, 0.3) is 0 Å². The molecule has 0 heterocycles. The zero-order chi connectivity index (χ0) is 12.5. The Bertz CT molecular complexity index is 358. The van der Waals surface area contributed by atoms with E-state index in [1.165, 1.54) is 7.11 Å². The van der Waals surface area contributed by atoms with E-state index in [-0.39, 0.29) is 17.7 Å². The van der Waals surface area contributed by atoms with Crippen molar-refractivity contribution in [1.29, 1.82) is 0 Å². The topological polar surface area (TPSA) is 43.4 Å². The standard InChI is InChI=1S/C14H20O3/c1-10-6-5-9-14(13(16)17-2)8-4-3-7-11(10)12(14)15/h11H,1,3-9H2,2H3/t11-,14-/m0/s1. The molecule has 17 heavy (non-hydrogen) atoms. The zero-order valence-electron chi connectivity index (χ0n) is 10.5. The Labute approximate surface area is 102 Å². The molecule has 0 N–H and O–H groups in total. The molecule has 0 aromatic rings. The average molecular weight is 236 g/mol. The summed E-state index contributed by atoms with van der Waals surface area (Å²) in [7, 11) is 1.38. The lowest BCUT2D eigenvalue weighted by atomic mass is 9.74. The number of Topliss-reactive ketones (excluding diaryl/α,β-unsaturated/α-hetero) is 1. The highest BCUT2D eigenvalue weighted by atomic mass is 16.5. The first-order chi connectivity index (χ1) is 8.12. The Kier molecular flexibility index (Phi) is 3.36. The van der Waals surface area contributed by atoms with Gasteiger partial charge in [-0.15, -0.1) is 0 Å². The zero-order valence-corrected chi connectivity index (χ0v) is 10.5. The van der Waals surface area contributed by atoms with E-state index in [0.29, 0.717) is 12.8 Å². The summed E-state index contributed by atoms with van der Waals surface area (Å²) in [5.74, 6) is -0.368. The molecule has 0 unspecified atom stereocenters. The number of carbonyl (C=O) groups excluding carboxylic acids is 2. The molecule has 2 saturated carbocycles. The Morgan fingerprint density at radius 1 is 1.35 bits per heavy atom. The molecule has 2 aliphatic carbocycles. The number of carbonyl (C=O) groups is 2. The van der Waals surface area contributed by atoms with E-state index in [1.807, 2.05) is 0 Å². The van der Waals surface area contributed by atoms with Crippen LogP contribution >= 0.6 is 0 Å². The van der Waals surface area contributed by atoms with Gasteiger partial charge in [0, 0.05) is 5.92 Å². The molecule has 3 heteroatoms. The monoisotopic (exact) mass is 236 g/mol. The molecular weight excluding hydrogens is 216 g/mol. The molecule has 0 spiro atoms. The molecule has 0 saturated heterocycles. The summed E-state index contributed by atoms with van der Waals surface area (Å²) < 4.78 is 4.89. The van der Waals surface area contributed by atoms with E-state index >= 15 is 0 Å². The lowest BCUT2D eigenvalue weighted by molar-refractivity contribution is -0.159. The minimum atomic E-state index is -0.866. The van der Waals surface area contributed by atoms with Crippen molar-refractivity contribution in [2.45, 2.75) is 44.9 Å². The third-order valence-electron chi connectivity index (χ3n) is 4.30. The molecular formula is C14H20O3. The summed E-state index contributed by atoms with van der Waals surface area (Å²) in [6.07, 6.45) is 5.83. The molecule has 2 rings (SSSR count). The van der Waals surface area contributed by atoms with Crippen LogP contribution in [0.4, 0.5) is 0 Å².